The lowest BCUT2D eigenvalue weighted by atomic mass is 10.1. The summed E-state index contributed by atoms with van der Waals surface area (Å²) in [5.41, 5.74) is 9.31. The third-order valence-corrected chi connectivity index (χ3v) is 5.53. The number of benzene rings is 2. The summed E-state index contributed by atoms with van der Waals surface area (Å²) in [5, 5.41) is 11.6. The zero-order chi connectivity index (χ0) is 18.8. The van der Waals surface area contributed by atoms with Crippen LogP contribution >= 0.6 is 15.9 Å². The van der Waals surface area contributed by atoms with Crippen molar-refractivity contribution in [3.8, 4) is 0 Å². The van der Waals surface area contributed by atoms with Crippen LogP contribution in [0.4, 0.5) is 5.69 Å². The van der Waals surface area contributed by atoms with Crippen molar-refractivity contribution in [1.82, 2.24) is 15.1 Å². The van der Waals surface area contributed by atoms with Crippen molar-refractivity contribution in [3.63, 3.8) is 0 Å². The Balaban J connectivity index is 1.33. The maximum absolute atomic E-state index is 12.7. The number of nitrogens with one attached hydrogen (secondary N) is 2. The average Bonchev–Trinajstić information content (AvgIpc) is 3.32. The number of hydrogen-bond acceptors (Lipinski definition) is 4. The molecule has 1 fully saturated rings. The highest BCUT2D eigenvalue weighted by molar-refractivity contribution is 9.10. The molecule has 2 heterocycles. The zero-order valence-electron chi connectivity index (χ0n) is 14.9. The summed E-state index contributed by atoms with van der Waals surface area (Å²) in [4.78, 5) is 14.6. The number of likely N-dealkylation sites (tertiary alicyclic amines) is 1. The monoisotopic (exact) mass is 427 g/mol. The van der Waals surface area contributed by atoms with Crippen LogP contribution in [-0.4, -0.2) is 46.2 Å². The second-order valence-electron chi connectivity index (χ2n) is 7.02. The van der Waals surface area contributed by atoms with Crippen molar-refractivity contribution in [1.29, 1.82) is 0 Å². The van der Waals surface area contributed by atoms with Gasteiger partial charge in [-0.15, -0.1) is 0 Å². The first-order valence-electron chi connectivity index (χ1n) is 9.07. The van der Waals surface area contributed by atoms with Crippen LogP contribution in [0.25, 0.3) is 10.9 Å². The first-order chi connectivity index (χ1) is 13.1. The quantitative estimate of drug-likeness (QED) is 0.583. The smallest absolute Gasteiger partial charge is 0.239 e. The van der Waals surface area contributed by atoms with Crippen molar-refractivity contribution in [2.24, 2.45) is 5.73 Å². The number of amides is 1. The number of aromatic nitrogens is 2. The van der Waals surface area contributed by atoms with Gasteiger partial charge in [-0.1, -0.05) is 28.1 Å². The van der Waals surface area contributed by atoms with Gasteiger partial charge in [-0.05, 0) is 48.7 Å². The summed E-state index contributed by atoms with van der Waals surface area (Å²) in [6.45, 7) is 1.41. The van der Waals surface area contributed by atoms with E-state index in [-0.39, 0.29) is 11.9 Å². The average molecular weight is 428 g/mol. The highest BCUT2D eigenvalue weighted by Crippen LogP contribution is 2.21. The van der Waals surface area contributed by atoms with E-state index in [4.69, 9.17) is 5.73 Å². The lowest BCUT2D eigenvalue weighted by Gasteiger charge is -2.21. The Bertz CT molecular complexity index is 939. The molecule has 1 amide bonds. The van der Waals surface area contributed by atoms with Gasteiger partial charge >= 0.3 is 0 Å². The van der Waals surface area contributed by atoms with Crippen molar-refractivity contribution in [2.75, 3.05) is 18.4 Å². The van der Waals surface area contributed by atoms with Crippen molar-refractivity contribution in [2.45, 2.75) is 24.9 Å². The minimum Gasteiger partial charge on any atom is -0.380 e. The summed E-state index contributed by atoms with van der Waals surface area (Å²) in [6, 6.07) is 13.8. The first-order valence-corrected chi connectivity index (χ1v) is 9.86. The van der Waals surface area contributed by atoms with Gasteiger partial charge in [0.1, 0.15) is 0 Å². The molecule has 4 rings (SSSR count). The van der Waals surface area contributed by atoms with Crippen molar-refractivity contribution >= 4 is 38.4 Å². The number of anilines is 1. The molecule has 6 nitrogen and oxygen atoms in total. The van der Waals surface area contributed by atoms with E-state index in [0.29, 0.717) is 13.0 Å². The Morgan fingerprint density at radius 3 is 2.96 bits per heavy atom. The number of halogens is 1. The molecular formula is C20H22BrN5O. The normalized spacial score (nSPS) is 18.0. The van der Waals surface area contributed by atoms with Crippen LogP contribution in [0.15, 0.2) is 53.1 Å². The van der Waals surface area contributed by atoms with E-state index in [2.05, 4.69) is 37.5 Å². The van der Waals surface area contributed by atoms with Crippen LogP contribution in [0.5, 0.6) is 0 Å². The molecule has 1 unspecified atom stereocenters. The van der Waals surface area contributed by atoms with Gasteiger partial charge in [0.25, 0.3) is 0 Å². The molecule has 2 aromatic carbocycles. The molecule has 1 aromatic heterocycles. The fraction of sp³-hybridized carbons (Fsp3) is 0.300. The molecule has 0 radical (unpaired) electrons. The number of H-pyrrole nitrogens is 1. The largest absolute Gasteiger partial charge is 0.380 e. The van der Waals surface area contributed by atoms with Gasteiger partial charge in [0, 0.05) is 34.7 Å². The zero-order valence-corrected chi connectivity index (χ0v) is 16.4. The molecule has 27 heavy (non-hydrogen) atoms. The molecule has 1 saturated heterocycles. The van der Waals surface area contributed by atoms with E-state index in [1.807, 2.05) is 47.5 Å². The number of hydrogen-bond donors (Lipinski definition) is 3. The Hall–Kier alpha value is -2.38. The predicted octanol–water partition coefficient (Wildman–Crippen LogP) is 2.91. The maximum atomic E-state index is 12.7. The Kier molecular flexibility index (Phi) is 5.13. The molecule has 3 aromatic rings. The van der Waals surface area contributed by atoms with Gasteiger partial charge in [0.2, 0.25) is 5.91 Å². The Labute approximate surface area is 166 Å². The van der Waals surface area contributed by atoms with Crippen LogP contribution < -0.4 is 11.1 Å². The van der Waals surface area contributed by atoms with Gasteiger partial charge in [-0.2, -0.15) is 5.10 Å². The highest BCUT2D eigenvalue weighted by atomic mass is 79.9. The summed E-state index contributed by atoms with van der Waals surface area (Å²) in [7, 11) is 0. The molecule has 7 heteroatoms. The second kappa shape index (κ2) is 7.70. The van der Waals surface area contributed by atoms with Crippen molar-refractivity contribution in [3.05, 3.63) is 58.7 Å². The van der Waals surface area contributed by atoms with Gasteiger partial charge in [-0.25, -0.2) is 0 Å². The van der Waals surface area contributed by atoms with Gasteiger partial charge in [0.05, 0.1) is 17.8 Å². The lowest BCUT2D eigenvalue weighted by molar-refractivity contribution is -0.131. The van der Waals surface area contributed by atoms with Crippen LogP contribution in [-0.2, 0) is 11.2 Å². The Morgan fingerprint density at radius 1 is 1.33 bits per heavy atom. The molecule has 140 valence electrons. The number of carbonyl (C=O) groups is 1. The molecule has 1 aliphatic heterocycles. The molecule has 4 N–H and O–H groups in total. The lowest BCUT2D eigenvalue weighted by Crippen LogP contribution is -2.44. The standard InChI is InChI=1S/C20H22BrN5O/c21-15-3-1-13(2-4-15)9-18(22)20(27)26-8-7-17(12-26)24-16-5-6-19-14(10-16)11-23-25-19/h1-6,10-11,17-18,24H,7-9,12,22H2,(H,23,25)/t17?,18-/m1/s1. The van der Waals surface area contributed by atoms with Crippen LogP contribution in [0.2, 0.25) is 0 Å². The summed E-state index contributed by atoms with van der Waals surface area (Å²) >= 11 is 3.42. The molecule has 0 aliphatic carbocycles. The van der Waals surface area contributed by atoms with Crippen LogP contribution in [0, 0.1) is 0 Å². The summed E-state index contributed by atoms with van der Waals surface area (Å²) in [5.74, 6) is 0.0208. The van der Waals surface area contributed by atoms with E-state index >= 15 is 0 Å². The third kappa shape index (κ3) is 4.14. The third-order valence-electron chi connectivity index (χ3n) is 5.00. The molecule has 0 bridgehead atoms. The number of rotatable bonds is 5. The van der Waals surface area contributed by atoms with Crippen LogP contribution in [0.1, 0.15) is 12.0 Å². The van der Waals surface area contributed by atoms with E-state index in [9.17, 15) is 4.79 Å². The fourth-order valence-corrected chi connectivity index (χ4v) is 3.81. The first kappa shape index (κ1) is 18.0. The number of carbonyl (C=O) groups excluding carboxylic acids is 1. The topological polar surface area (TPSA) is 87.0 Å². The van der Waals surface area contributed by atoms with E-state index in [1.165, 1.54) is 0 Å². The van der Waals surface area contributed by atoms with Gasteiger partial charge in [0.15, 0.2) is 0 Å². The van der Waals surface area contributed by atoms with Crippen LogP contribution in [0.3, 0.4) is 0 Å². The van der Waals surface area contributed by atoms with Gasteiger partial charge in [-0.3, -0.25) is 9.89 Å². The number of fused-ring (bicyclic) bond motifs is 1. The molecule has 1 aliphatic rings. The van der Waals surface area contributed by atoms with Crippen molar-refractivity contribution < 1.29 is 4.79 Å². The fourth-order valence-electron chi connectivity index (χ4n) is 3.54. The maximum Gasteiger partial charge on any atom is 0.239 e. The van der Waals surface area contributed by atoms with E-state index < -0.39 is 6.04 Å². The summed E-state index contributed by atoms with van der Waals surface area (Å²) in [6.07, 6.45) is 3.28. The SMILES string of the molecule is N[C@H](Cc1ccc(Br)cc1)C(=O)N1CCC(Nc2ccc3[nH]ncc3c2)C1. The van der Waals surface area contributed by atoms with E-state index in [0.717, 1.165) is 39.6 Å². The minimum absolute atomic E-state index is 0.0208. The van der Waals surface area contributed by atoms with E-state index in [1.54, 1.807) is 0 Å². The second-order valence-corrected chi connectivity index (χ2v) is 7.94. The highest BCUT2D eigenvalue weighted by Gasteiger charge is 2.29. The molecular weight excluding hydrogens is 406 g/mol. The number of nitrogens with two attached hydrogens (primary N) is 1. The minimum atomic E-state index is -0.507. The van der Waals surface area contributed by atoms with Gasteiger partial charge < -0.3 is 16.0 Å². The predicted molar refractivity (Wildman–Crippen MR) is 111 cm³/mol. The molecule has 0 saturated carbocycles. The molecule has 0 spiro atoms. The Morgan fingerprint density at radius 2 is 2.15 bits per heavy atom. The summed E-state index contributed by atoms with van der Waals surface area (Å²) < 4.78 is 1.02. The number of nitrogens with zero attached hydrogens (tertiary/aromatic N) is 2. The molecule has 2 atom stereocenters. The number of aromatic amines is 1.